The highest BCUT2D eigenvalue weighted by molar-refractivity contribution is 7.91. The van der Waals surface area contributed by atoms with Crippen LogP contribution in [0.15, 0.2) is 18.2 Å². The molecular formula is C13H19FN2O2S. The summed E-state index contributed by atoms with van der Waals surface area (Å²) in [5.74, 6) is 0.0141. The van der Waals surface area contributed by atoms with Crippen LogP contribution in [0.4, 0.5) is 10.1 Å². The number of nitrogens with zero attached hydrogens (tertiary/aromatic N) is 1. The van der Waals surface area contributed by atoms with Crippen LogP contribution in [0.1, 0.15) is 12.0 Å². The summed E-state index contributed by atoms with van der Waals surface area (Å²) in [6, 6.07) is 5.11. The summed E-state index contributed by atoms with van der Waals surface area (Å²) >= 11 is 0. The van der Waals surface area contributed by atoms with Crippen molar-refractivity contribution < 1.29 is 12.8 Å². The van der Waals surface area contributed by atoms with Gasteiger partial charge < -0.3 is 10.2 Å². The molecule has 0 aromatic heterocycles. The second kappa shape index (κ2) is 5.88. The van der Waals surface area contributed by atoms with E-state index in [1.165, 1.54) is 6.07 Å². The Morgan fingerprint density at radius 1 is 1.32 bits per heavy atom. The van der Waals surface area contributed by atoms with Gasteiger partial charge >= 0.3 is 0 Å². The molecule has 6 heteroatoms. The molecule has 1 N–H and O–H groups in total. The lowest BCUT2D eigenvalue weighted by Crippen LogP contribution is -2.27. The van der Waals surface area contributed by atoms with Crippen molar-refractivity contribution in [3.05, 3.63) is 29.6 Å². The minimum atomic E-state index is -2.96. The molecule has 19 heavy (non-hydrogen) atoms. The van der Waals surface area contributed by atoms with Gasteiger partial charge in [-0.1, -0.05) is 6.07 Å². The van der Waals surface area contributed by atoms with Gasteiger partial charge in [0, 0.05) is 19.6 Å². The van der Waals surface area contributed by atoms with Crippen LogP contribution in [0.3, 0.4) is 0 Å². The maximum absolute atomic E-state index is 14.1. The largest absolute Gasteiger partial charge is 0.368 e. The fourth-order valence-electron chi connectivity index (χ4n) is 2.30. The van der Waals surface area contributed by atoms with Gasteiger partial charge in [0.25, 0.3) is 0 Å². The zero-order valence-corrected chi connectivity index (χ0v) is 11.8. The number of hydrogen-bond acceptors (Lipinski definition) is 4. The zero-order chi connectivity index (χ0) is 13.9. The monoisotopic (exact) mass is 286 g/mol. The zero-order valence-electron chi connectivity index (χ0n) is 11.0. The normalized spacial score (nSPS) is 19.2. The van der Waals surface area contributed by atoms with E-state index in [1.54, 1.807) is 6.07 Å². The average Bonchev–Trinajstić information content (AvgIpc) is 2.51. The first-order chi connectivity index (χ1) is 9.02. The number of halogens is 1. The van der Waals surface area contributed by atoms with Crippen molar-refractivity contribution in [1.82, 2.24) is 5.32 Å². The first-order valence-corrected chi connectivity index (χ1v) is 8.22. The highest BCUT2D eigenvalue weighted by Gasteiger charge is 2.21. The Labute approximate surface area is 113 Å². The molecule has 0 spiro atoms. The molecule has 1 aromatic rings. The fourth-order valence-corrected chi connectivity index (χ4v) is 3.57. The van der Waals surface area contributed by atoms with E-state index in [0.717, 1.165) is 5.56 Å². The Bertz CT molecular complexity index is 546. The molecule has 1 heterocycles. The molecule has 0 unspecified atom stereocenters. The molecule has 1 aliphatic heterocycles. The first-order valence-electron chi connectivity index (χ1n) is 6.40. The Morgan fingerprint density at radius 2 is 2.11 bits per heavy atom. The van der Waals surface area contributed by atoms with Crippen LogP contribution in [0.25, 0.3) is 0 Å². The Balaban J connectivity index is 2.17. The first kappa shape index (κ1) is 14.3. The molecule has 0 saturated carbocycles. The van der Waals surface area contributed by atoms with Gasteiger partial charge in [0.05, 0.1) is 17.2 Å². The predicted molar refractivity (Wildman–Crippen MR) is 74.6 cm³/mol. The van der Waals surface area contributed by atoms with Gasteiger partial charge in [0.15, 0.2) is 9.84 Å². The van der Waals surface area contributed by atoms with Crippen LogP contribution in [0, 0.1) is 5.82 Å². The maximum Gasteiger partial charge on any atom is 0.152 e. The van der Waals surface area contributed by atoms with E-state index in [4.69, 9.17) is 0 Å². The minimum absolute atomic E-state index is 0.102. The van der Waals surface area contributed by atoms with Crippen LogP contribution in [-0.2, 0) is 16.4 Å². The van der Waals surface area contributed by atoms with Gasteiger partial charge in [-0.05, 0) is 31.2 Å². The maximum atomic E-state index is 14.1. The van der Waals surface area contributed by atoms with Crippen molar-refractivity contribution in [2.24, 2.45) is 0 Å². The molecule has 0 aliphatic carbocycles. The van der Waals surface area contributed by atoms with Crippen molar-refractivity contribution in [2.45, 2.75) is 13.0 Å². The van der Waals surface area contributed by atoms with E-state index in [2.05, 4.69) is 5.32 Å². The molecule has 1 fully saturated rings. The molecule has 1 aliphatic rings. The van der Waals surface area contributed by atoms with Crippen LogP contribution >= 0.6 is 0 Å². The van der Waals surface area contributed by atoms with Crippen LogP contribution < -0.4 is 10.2 Å². The second-order valence-electron chi connectivity index (χ2n) is 4.81. The highest BCUT2D eigenvalue weighted by atomic mass is 32.2. The van der Waals surface area contributed by atoms with E-state index in [1.807, 2.05) is 18.0 Å². The number of hydrogen-bond donors (Lipinski definition) is 1. The molecule has 0 radical (unpaired) electrons. The minimum Gasteiger partial charge on any atom is -0.368 e. The van der Waals surface area contributed by atoms with Gasteiger partial charge in [0.1, 0.15) is 5.82 Å². The Morgan fingerprint density at radius 3 is 2.79 bits per heavy atom. The van der Waals surface area contributed by atoms with E-state index in [-0.39, 0.29) is 17.3 Å². The van der Waals surface area contributed by atoms with Crippen molar-refractivity contribution in [1.29, 1.82) is 0 Å². The van der Waals surface area contributed by atoms with Crippen LogP contribution in [0.2, 0.25) is 0 Å². The summed E-state index contributed by atoms with van der Waals surface area (Å²) in [6.45, 7) is 1.57. The number of benzene rings is 1. The van der Waals surface area contributed by atoms with E-state index in [9.17, 15) is 12.8 Å². The van der Waals surface area contributed by atoms with E-state index in [0.29, 0.717) is 31.7 Å². The molecule has 0 amide bonds. The summed E-state index contributed by atoms with van der Waals surface area (Å²) in [6.07, 6.45) is 0.556. The smallest absolute Gasteiger partial charge is 0.152 e. The Kier molecular flexibility index (Phi) is 4.42. The van der Waals surface area contributed by atoms with Gasteiger partial charge in [-0.2, -0.15) is 0 Å². The fraction of sp³-hybridized carbons (Fsp3) is 0.538. The van der Waals surface area contributed by atoms with Gasteiger partial charge in [-0.25, -0.2) is 12.8 Å². The topological polar surface area (TPSA) is 49.4 Å². The Hall–Kier alpha value is -1.14. The second-order valence-corrected chi connectivity index (χ2v) is 7.11. The summed E-state index contributed by atoms with van der Waals surface area (Å²) in [7, 11) is -1.15. The number of rotatable bonds is 3. The molecule has 0 atom stereocenters. The third-order valence-electron chi connectivity index (χ3n) is 3.29. The SMILES string of the molecule is CNCc1ccc(N2CCCS(=O)(=O)CC2)c(F)c1. The van der Waals surface area contributed by atoms with E-state index < -0.39 is 9.84 Å². The average molecular weight is 286 g/mol. The van der Waals surface area contributed by atoms with Crippen LogP contribution in [0.5, 0.6) is 0 Å². The lowest BCUT2D eigenvalue weighted by Gasteiger charge is -2.23. The predicted octanol–water partition coefficient (Wildman–Crippen LogP) is 1.17. The lowest BCUT2D eigenvalue weighted by molar-refractivity contribution is 0.596. The summed E-state index contributed by atoms with van der Waals surface area (Å²) < 4.78 is 37.2. The van der Waals surface area contributed by atoms with Gasteiger partial charge in [0.2, 0.25) is 0 Å². The molecule has 1 aromatic carbocycles. The number of nitrogens with one attached hydrogen (secondary N) is 1. The highest BCUT2D eigenvalue weighted by Crippen LogP contribution is 2.22. The molecule has 0 bridgehead atoms. The van der Waals surface area contributed by atoms with Crippen molar-refractivity contribution in [3.63, 3.8) is 0 Å². The van der Waals surface area contributed by atoms with Crippen molar-refractivity contribution in [2.75, 3.05) is 36.5 Å². The summed E-state index contributed by atoms with van der Waals surface area (Å²) in [5, 5.41) is 2.97. The van der Waals surface area contributed by atoms with Gasteiger partial charge in [-0.3, -0.25) is 0 Å². The number of sulfone groups is 1. The number of anilines is 1. The molecular weight excluding hydrogens is 267 g/mol. The van der Waals surface area contributed by atoms with Crippen LogP contribution in [-0.4, -0.2) is 40.1 Å². The molecule has 4 nitrogen and oxygen atoms in total. The summed E-state index contributed by atoms with van der Waals surface area (Å²) in [5.41, 5.74) is 1.38. The lowest BCUT2D eigenvalue weighted by atomic mass is 10.1. The van der Waals surface area contributed by atoms with Gasteiger partial charge in [-0.15, -0.1) is 0 Å². The molecule has 2 rings (SSSR count). The van der Waals surface area contributed by atoms with Crippen molar-refractivity contribution >= 4 is 15.5 Å². The summed E-state index contributed by atoms with van der Waals surface area (Å²) in [4.78, 5) is 1.82. The van der Waals surface area contributed by atoms with Crippen molar-refractivity contribution in [3.8, 4) is 0 Å². The third-order valence-corrected chi connectivity index (χ3v) is 5.00. The van der Waals surface area contributed by atoms with E-state index >= 15 is 0 Å². The third kappa shape index (κ3) is 3.67. The quantitative estimate of drug-likeness (QED) is 0.906. The molecule has 106 valence electrons. The standard InChI is InChI=1S/C13H19FN2O2S/c1-15-10-11-3-4-13(12(14)9-11)16-5-2-7-19(17,18)8-6-16/h3-4,9,15H,2,5-8,10H2,1H3. The molecule has 1 saturated heterocycles.